The van der Waals surface area contributed by atoms with Crippen LogP contribution in [0, 0.1) is 11.3 Å². The summed E-state index contributed by atoms with van der Waals surface area (Å²) in [4.78, 5) is 25.7. The Morgan fingerprint density at radius 2 is 1.73 bits per heavy atom. The van der Waals surface area contributed by atoms with Crippen molar-refractivity contribution in [2.75, 3.05) is 13.2 Å². The number of carbonyl (C=O) groups is 2. The zero-order chi connectivity index (χ0) is 22.1. The van der Waals surface area contributed by atoms with Gasteiger partial charge in [-0.1, -0.05) is 60.6 Å². The van der Waals surface area contributed by atoms with Crippen LogP contribution in [0.1, 0.15) is 65.0 Å². The van der Waals surface area contributed by atoms with Gasteiger partial charge in [0.25, 0.3) is 0 Å². The van der Waals surface area contributed by atoms with E-state index >= 15 is 0 Å². The van der Waals surface area contributed by atoms with E-state index in [2.05, 4.69) is 6.92 Å². The van der Waals surface area contributed by atoms with E-state index in [1.54, 1.807) is 13.8 Å². The lowest BCUT2D eigenvalue weighted by atomic mass is 9.85. The molecule has 0 spiro atoms. The van der Waals surface area contributed by atoms with Crippen molar-refractivity contribution in [1.29, 1.82) is 0 Å². The van der Waals surface area contributed by atoms with E-state index in [1.807, 2.05) is 49.4 Å². The van der Waals surface area contributed by atoms with E-state index in [1.165, 1.54) is 5.57 Å². The number of aliphatic hydroxyl groups is 1. The highest BCUT2D eigenvalue weighted by Crippen LogP contribution is 2.49. The Morgan fingerprint density at radius 3 is 2.27 bits per heavy atom. The fraction of sp³-hybridized carbons (Fsp3) is 0.520. The van der Waals surface area contributed by atoms with E-state index in [0.717, 1.165) is 17.6 Å². The van der Waals surface area contributed by atoms with Crippen LogP contribution in [0.25, 0.3) is 0 Å². The molecular formula is C25H34O5. The Morgan fingerprint density at radius 1 is 1.13 bits per heavy atom. The lowest BCUT2D eigenvalue weighted by Gasteiger charge is -2.24. The molecular weight excluding hydrogens is 380 g/mol. The number of hydrogen-bond acceptors (Lipinski definition) is 5. The normalized spacial score (nSPS) is 20.8. The van der Waals surface area contributed by atoms with Gasteiger partial charge in [-0.2, -0.15) is 0 Å². The summed E-state index contributed by atoms with van der Waals surface area (Å²) in [6.45, 7) is 8.02. The van der Waals surface area contributed by atoms with Crippen LogP contribution in [0.5, 0.6) is 0 Å². The third kappa shape index (κ3) is 5.39. The average Bonchev–Trinajstić information content (AvgIpc) is 3.15. The highest BCUT2D eigenvalue weighted by atomic mass is 16.6. The third-order valence-corrected chi connectivity index (χ3v) is 5.83. The predicted molar refractivity (Wildman–Crippen MR) is 117 cm³/mol. The van der Waals surface area contributed by atoms with Gasteiger partial charge in [-0.3, -0.25) is 9.59 Å². The summed E-state index contributed by atoms with van der Waals surface area (Å²) in [7, 11) is 0. The first-order valence-electron chi connectivity index (χ1n) is 10.8. The van der Waals surface area contributed by atoms with Crippen molar-refractivity contribution in [2.24, 2.45) is 11.3 Å². The van der Waals surface area contributed by atoms with Gasteiger partial charge in [0.1, 0.15) is 0 Å². The molecule has 164 valence electrons. The number of aliphatic hydroxyl groups excluding tert-OH is 1. The number of carbonyl (C=O) groups excluding carboxylic acids is 2. The Bertz CT molecular complexity index is 760. The maximum atomic E-state index is 12.8. The summed E-state index contributed by atoms with van der Waals surface area (Å²) >= 11 is 0. The second-order valence-corrected chi connectivity index (χ2v) is 7.76. The van der Waals surface area contributed by atoms with E-state index in [0.29, 0.717) is 19.3 Å². The summed E-state index contributed by atoms with van der Waals surface area (Å²) in [5.41, 5.74) is 1.82. The van der Waals surface area contributed by atoms with Crippen LogP contribution in [-0.2, 0) is 19.1 Å². The van der Waals surface area contributed by atoms with Gasteiger partial charge in [0, 0.05) is 0 Å². The Hall–Kier alpha value is -2.40. The summed E-state index contributed by atoms with van der Waals surface area (Å²) in [6, 6.07) is 9.51. The van der Waals surface area contributed by atoms with Gasteiger partial charge in [-0.25, -0.2) is 0 Å². The Kier molecular flexibility index (Phi) is 8.85. The second kappa shape index (κ2) is 11.1. The van der Waals surface area contributed by atoms with Crippen LogP contribution in [0.2, 0.25) is 0 Å². The zero-order valence-corrected chi connectivity index (χ0v) is 18.5. The molecule has 0 aliphatic heterocycles. The standard InChI is InChI=1S/C25H34O5/c1-5-18(4)21-17-25(23(27)29-6-2,24(28)30-7-3)16-20(21)14-11-15-22(26)19-12-9-8-10-13-19/h8-14,20,22,26H,5-7,15-17H2,1-4H3/b14-11+,21-18-/t20-,22+/m1/s1. The molecule has 0 heterocycles. The second-order valence-electron chi connectivity index (χ2n) is 7.76. The molecule has 0 radical (unpaired) electrons. The van der Waals surface area contributed by atoms with Gasteiger partial charge in [0.05, 0.1) is 19.3 Å². The summed E-state index contributed by atoms with van der Waals surface area (Å²) in [5, 5.41) is 10.4. The van der Waals surface area contributed by atoms with Crippen molar-refractivity contribution in [3.63, 3.8) is 0 Å². The molecule has 0 amide bonds. The molecule has 5 nitrogen and oxygen atoms in total. The lowest BCUT2D eigenvalue weighted by Crippen LogP contribution is -2.40. The number of hydrogen-bond donors (Lipinski definition) is 1. The molecule has 0 saturated heterocycles. The lowest BCUT2D eigenvalue weighted by molar-refractivity contribution is -0.171. The van der Waals surface area contributed by atoms with Gasteiger partial charge in [0.2, 0.25) is 0 Å². The molecule has 2 atom stereocenters. The molecule has 1 aliphatic rings. The van der Waals surface area contributed by atoms with Crippen LogP contribution in [0.4, 0.5) is 0 Å². The molecule has 30 heavy (non-hydrogen) atoms. The molecule has 0 aromatic heterocycles. The maximum absolute atomic E-state index is 12.8. The van der Waals surface area contributed by atoms with Gasteiger partial charge >= 0.3 is 11.9 Å². The van der Waals surface area contributed by atoms with Gasteiger partial charge < -0.3 is 14.6 Å². The minimum atomic E-state index is -1.30. The highest BCUT2D eigenvalue weighted by molar-refractivity contribution is 6.01. The quantitative estimate of drug-likeness (QED) is 0.353. The van der Waals surface area contributed by atoms with Gasteiger partial charge in [0.15, 0.2) is 5.41 Å². The first-order chi connectivity index (χ1) is 14.4. The monoisotopic (exact) mass is 414 g/mol. The first kappa shape index (κ1) is 23.9. The molecule has 1 fully saturated rings. The van der Waals surface area contributed by atoms with Crippen LogP contribution in [0.15, 0.2) is 53.6 Å². The van der Waals surface area contributed by atoms with Crippen molar-refractivity contribution in [1.82, 2.24) is 0 Å². The van der Waals surface area contributed by atoms with E-state index in [9.17, 15) is 14.7 Å². The van der Waals surface area contributed by atoms with E-state index in [4.69, 9.17) is 9.47 Å². The predicted octanol–water partition coefficient (Wildman–Crippen LogP) is 4.92. The average molecular weight is 415 g/mol. The van der Waals surface area contributed by atoms with Crippen molar-refractivity contribution in [2.45, 2.75) is 59.5 Å². The first-order valence-corrected chi connectivity index (χ1v) is 10.8. The number of esters is 2. The summed E-state index contributed by atoms with van der Waals surface area (Å²) < 4.78 is 10.6. The van der Waals surface area contributed by atoms with Crippen LogP contribution in [-0.4, -0.2) is 30.3 Å². The molecule has 1 N–H and O–H groups in total. The molecule has 0 unspecified atom stereocenters. The minimum Gasteiger partial charge on any atom is -0.465 e. The van der Waals surface area contributed by atoms with Gasteiger partial charge in [-0.05, 0) is 57.9 Å². The maximum Gasteiger partial charge on any atom is 0.323 e. The molecule has 1 saturated carbocycles. The fourth-order valence-corrected chi connectivity index (χ4v) is 4.02. The van der Waals surface area contributed by atoms with Crippen molar-refractivity contribution in [3.05, 3.63) is 59.2 Å². The molecule has 1 aromatic rings. The van der Waals surface area contributed by atoms with Crippen molar-refractivity contribution < 1.29 is 24.2 Å². The minimum absolute atomic E-state index is 0.0678. The number of benzene rings is 1. The number of ether oxygens (including phenoxy) is 2. The third-order valence-electron chi connectivity index (χ3n) is 5.83. The largest absolute Gasteiger partial charge is 0.465 e. The molecule has 5 heteroatoms. The van der Waals surface area contributed by atoms with E-state index < -0.39 is 23.5 Å². The van der Waals surface area contributed by atoms with Crippen molar-refractivity contribution >= 4 is 11.9 Å². The Balaban J connectivity index is 2.28. The summed E-state index contributed by atoms with van der Waals surface area (Å²) in [5.74, 6) is -1.09. The molecule has 1 aliphatic carbocycles. The van der Waals surface area contributed by atoms with Crippen LogP contribution >= 0.6 is 0 Å². The SMILES string of the molecule is CCOC(=O)C1(C(=O)OCC)C/C(=C(\C)CC)[C@H](/C=C/C[C@H](O)c2ccccc2)C1. The molecule has 1 aromatic carbocycles. The van der Waals surface area contributed by atoms with E-state index in [-0.39, 0.29) is 19.1 Å². The van der Waals surface area contributed by atoms with Crippen LogP contribution < -0.4 is 0 Å². The number of rotatable bonds is 9. The smallest absolute Gasteiger partial charge is 0.323 e. The van der Waals surface area contributed by atoms with Gasteiger partial charge in [-0.15, -0.1) is 0 Å². The fourth-order valence-electron chi connectivity index (χ4n) is 4.02. The molecule has 2 rings (SSSR count). The van der Waals surface area contributed by atoms with Crippen molar-refractivity contribution in [3.8, 4) is 0 Å². The Labute approximate surface area is 179 Å². The number of allylic oxidation sites excluding steroid dienone is 3. The van der Waals surface area contributed by atoms with Crippen LogP contribution in [0.3, 0.4) is 0 Å². The topological polar surface area (TPSA) is 72.8 Å². The zero-order valence-electron chi connectivity index (χ0n) is 18.5. The molecule has 0 bridgehead atoms. The highest BCUT2D eigenvalue weighted by Gasteiger charge is 2.55. The summed E-state index contributed by atoms with van der Waals surface area (Å²) in [6.07, 6.45) is 5.32.